The number of non-ortho nitro benzene ring substituents is 1. The number of pyridine rings is 1. The number of aromatic nitrogens is 1. The highest BCUT2D eigenvalue weighted by Gasteiger charge is 2.17. The molecule has 6 heteroatoms. The van der Waals surface area contributed by atoms with Crippen molar-refractivity contribution in [1.29, 1.82) is 5.26 Å². The zero-order chi connectivity index (χ0) is 21.1. The molecule has 0 amide bonds. The van der Waals surface area contributed by atoms with Gasteiger partial charge in [-0.2, -0.15) is 5.26 Å². The quantitative estimate of drug-likeness (QED) is 0.329. The van der Waals surface area contributed by atoms with Gasteiger partial charge in [-0.3, -0.25) is 10.1 Å². The van der Waals surface area contributed by atoms with Crippen LogP contribution in [0.3, 0.4) is 0 Å². The van der Waals surface area contributed by atoms with Crippen LogP contribution in [0.2, 0.25) is 0 Å². The maximum absolute atomic E-state index is 10.9. The Morgan fingerprint density at radius 3 is 2.53 bits per heavy atom. The van der Waals surface area contributed by atoms with Gasteiger partial charge in [-0.15, -0.1) is 0 Å². The molecule has 0 spiro atoms. The van der Waals surface area contributed by atoms with Gasteiger partial charge in [0.1, 0.15) is 5.82 Å². The summed E-state index contributed by atoms with van der Waals surface area (Å²) in [7, 11) is 0. The Bertz CT molecular complexity index is 1170. The second-order valence-corrected chi connectivity index (χ2v) is 7.62. The molecule has 1 aromatic heterocycles. The van der Waals surface area contributed by atoms with E-state index in [1.54, 1.807) is 12.1 Å². The summed E-state index contributed by atoms with van der Waals surface area (Å²) in [6.45, 7) is 3.95. The number of aryl methyl sites for hydroxylation is 1. The van der Waals surface area contributed by atoms with Crippen molar-refractivity contribution in [2.24, 2.45) is 0 Å². The van der Waals surface area contributed by atoms with Gasteiger partial charge in [0.25, 0.3) is 5.69 Å². The summed E-state index contributed by atoms with van der Waals surface area (Å²) in [4.78, 5) is 17.7. The number of piperidine rings is 1. The van der Waals surface area contributed by atoms with Gasteiger partial charge in [0, 0.05) is 36.2 Å². The molecule has 150 valence electrons. The van der Waals surface area contributed by atoms with Crippen molar-refractivity contribution in [2.45, 2.75) is 26.2 Å². The average molecular weight is 398 g/mol. The van der Waals surface area contributed by atoms with Gasteiger partial charge in [-0.1, -0.05) is 12.1 Å². The fraction of sp³-hybridized carbons (Fsp3) is 0.250. The van der Waals surface area contributed by atoms with Crippen LogP contribution in [-0.2, 0) is 0 Å². The number of nitro benzene ring substituents is 1. The van der Waals surface area contributed by atoms with Crippen LogP contribution in [0.15, 0.2) is 48.5 Å². The summed E-state index contributed by atoms with van der Waals surface area (Å²) in [5.74, 6) is 0.891. The molecular formula is C24H22N4O2. The third-order valence-corrected chi connectivity index (χ3v) is 5.45. The Hall–Kier alpha value is -3.72. The number of hydrogen-bond acceptors (Lipinski definition) is 5. The second kappa shape index (κ2) is 8.34. The van der Waals surface area contributed by atoms with Crippen molar-refractivity contribution in [3.63, 3.8) is 0 Å². The number of allylic oxidation sites excluding steroid dienone is 1. The minimum Gasteiger partial charge on any atom is -0.356 e. The van der Waals surface area contributed by atoms with E-state index in [9.17, 15) is 15.4 Å². The highest BCUT2D eigenvalue weighted by molar-refractivity contribution is 5.94. The summed E-state index contributed by atoms with van der Waals surface area (Å²) >= 11 is 0. The minimum atomic E-state index is -0.441. The number of nitriles is 1. The summed E-state index contributed by atoms with van der Waals surface area (Å²) in [5, 5.41) is 21.7. The molecule has 3 aromatic rings. The average Bonchev–Trinajstić information content (AvgIpc) is 2.77. The molecule has 30 heavy (non-hydrogen) atoms. The fourth-order valence-electron chi connectivity index (χ4n) is 3.85. The molecule has 1 fully saturated rings. The number of nitrogens with zero attached hydrogens (tertiary/aromatic N) is 4. The van der Waals surface area contributed by atoms with Crippen molar-refractivity contribution in [1.82, 2.24) is 4.98 Å². The third kappa shape index (κ3) is 4.01. The molecular weight excluding hydrogens is 376 g/mol. The molecule has 1 aliphatic heterocycles. The molecule has 0 bridgehead atoms. The van der Waals surface area contributed by atoms with Crippen molar-refractivity contribution >= 4 is 34.1 Å². The monoisotopic (exact) mass is 398 g/mol. The van der Waals surface area contributed by atoms with E-state index in [1.165, 1.54) is 18.6 Å². The van der Waals surface area contributed by atoms with Crippen LogP contribution >= 0.6 is 0 Å². The Labute approximate surface area is 175 Å². The van der Waals surface area contributed by atoms with E-state index >= 15 is 0 Å². The van der Waals surface area contributed by atoms with E-state index in [2.05, 4.69) is 36.1 Å². The van der Waals surface area contributed by atoms with E-state index in [4.69, 9.17) is 4.98 Å². The largest absolute Gasteiger partial charge is 0.356 e. The number of benzene rings is 2. The van der Waals surface area contributed by atoms with Gasteiger partial charge < -0.3 is 4.90 Å². The molecule has 0 aliphatic carbocycles. The Balaban J connectivity index is 1.83. The van der Waals surface area contributed by atoms with Crippen LogP contribution in [0.5, 0.6) is 0 Å². The van der Waals surface area contributed by atoms with Crippen LogP contribution < -0.4 is 4.90 Å². The number of nitro groups is 1. The summed E-state index contributed by atoms with van der Waals surface area (Å²) in [6.07, 6.45) is 5.33. The van der Waals surface area contributed by atoms with Crippen LogP contribution in [0, 0.1) is 28.4 Å². The van der Waals surface area contributed by atoms with Gasteiger partial charge in [-0.05, 0) is 67.7 Å². The fourth-order valence-corrected chi connectivity index (χ4v) is 3.85. The van der Waals surface area contributed by atoms with Gasteiger partial charge >= 0.3 is 0 Å². The highest BCUT2D eigenvalue weighted by Crippen LogP contribution is 2.30. The summed E-state index contributed by atoms with van der Waals surface area (Å²) in [6, 6.07) is 16.6. The topological polar surface area (TPSA) is 83.1 Å². The van der Waals surface area contributed by atoms with E-state index < -0.39 is 4.92 Å². The number of fused-ring (bicyclic) bond motifs is 1. The minimum absolute atomic E-state index is 0.00721. The molecule has 1 saturated heterocycles. The van der Waals surface area contributed by atoms with Crippen molar-refractivity contribution < 1.29 is 4.92 Å². The number of rotatable bonds is 4. The van der Waals surface area contributed by atoms with Gasteiger partial charge in [0.05, 0.1) is 22.1 Å². The normalized spacial score (nSPS) is 14.5. The molecule has 4 rings (SSSR count). The first-order valence-electron chi connectivity index (χ1n) is 10.1. The van der Waals surface area contributed by atoms with Gasteiger partial charge in [0.2, 0.25) is 0 Å². The maximum atomic E-state index is 10.9. The SMILES string of the molecule is Cc1ccc2cc(/C=C(\C#N)c3ccc([N+](=O)[O-])cc3)c(N3CCCCC3)nc2c1. The molecule has 6 nitrogen and oxygen atoms in total. The molecule has 0 unspecified atom stereocenters. The lowest BCUT2D eigenvalue weighted by molar-refractivity contribution is -0.384. The molecule has 0 atom stereocenters. The van der Waals surface area contributed by atoms with Crippen molar-refractivity contribution in [3.05, 3.63) is 75.3 Å². The number of anilines is 1. The van der Waals surface area contributed by atoms with Crippen molar-refractivity contribution in [2.75, 3.05) is 18.0 Å². The zero-order valence-corrected chi connectivity index (χ0v) is 16.8. The second-order valence-electron chi connectivity index (χ2n) is 7.62. The molecule has 0 N–H and O–H groups in total. The lowest BCUT2D eigenvalue weighted by Crippen LogP contribution is -2.30. The van der Waals surface area contributed by atoms with Crippen LogP contribution in [0.25, 0.3) is 22.6 Å². The lowest BCUT2D eigenvalue weighted by atomic mass is 10.0. The van der Waals surface area contributed by atoms with Gasteiger partial charge in [0.15, 0.2) is 0 Å². The van der Waals surface area contributed by atoms with E-state index in [0.29, 0.717) is 11.1 Å². The van der Waals surface area contributed by atoms with Crippen LogP contribution in [0.1, 0.15) is 36.0 Å². The third-order valence-electron chi connectivity index (χ3n) is 5.45. The van der Waals surface area contributed by atoms with Crippen molar-refractivity contribution in [3.8, 4) is 6.07 Å². The lowest BCUT2D eigenvalue weighted by Gasteiger charge is -2.29. The summed E-state index contributed by atoms with van der Waals surface area (Å²) < 4.78 is 0. The van der Waals surface area contributed by atoms with E-state index in [0.717, 1.165) is 53.8 Å². The maximum Gasteiger partial charge on any atom is 0.269 e. The molecule has 0 saturated carbocycles. The van der Waals surface area contributed by atoms with Gasteiger partial charge in [-0.25, -0.2) is 4.98 Å². The first kappa shape index (κ1) is 19.6. The molecule has 1 aliphatic rings. The van der Waals surface area contributed by atoms with E-state index in [-0.39, 0.29) is 5.69 Å². The van der Waals surface area contributed by atoms with Crippen LogP contribution in [0.4, 0.5) is 11.5 Å². The first-order chi connectivity index (χ1) is 14.5. The Kier molecular flexibility index (Phi) is 5.44. The molecule has 2 aromatic carbocycles. The highest BCUT2D eigenvalue weighted by atomic mass is 16.6. The number of hydrogen-bond donors (Lipinski definition) is 0. The predicted octanol–water partition coefficient (Wildman–Crippen LogP) is 5.51. The van der Waals surface area contributed by atoms with E-state index in [1.807, 2.05) is 12.1 Å². The predicted molar refractivity (Wildman–Crippen MR) is 119 cm³/mol. The smallest absolute Gasteiger partial charge is 0.269 e. The molecule has 0 radical (unpaired) electrons. The standard InChI is InChI=1S/C24H22N4O2/c1-17-5-6-19-14-20(24(26-23(19)13-17)27-11-3-2-4-12-27)15-21(16-25)18-7-9-22(10-8-18)28(29)30/h5-10,13-15H,2-4,11-12H2,1H3/b21-15+. The first-order valence-corrected chi connectivity index (χ1v) is 10.1. The Morgan fingerprint density at radius 2 is 1.87 bits per heavy atom. The zero-order valence-electron chi connectivity index (χ0n) is 16.8. The molecule has 2 heterocycles. The Morgan fingerprint density at radius 1 is 1.13 bits per heavy atom. The van der Waals surface area contributed by atoms with Crippen LogP contribution in [-0.4, -0.2) is 23.0 Å². The summed E-state index contributed by atoms with van der Waals surface area (Å²) in [5.41, 5.74) is 4.11.